The Bertz CT molecular complexity index is 379. The number of carbonyl (C=O) groups is 1. The first-order chi connectivity index (χ1) is 8.58. The molecule has 2 N–H and O–H groups in total. The molecule has 0 aliphatic carbocycles. The zero-order valence-corrected chi connectivity index (χ0v) is 13.1. The van der Waals surface area contributed by atoms with Gasteiger partial charge in [0, 0.05) is 20.0 Å². The number of unbranched alkanes of at least 4 members (excludes halogenated alkanes) is 2. The Labute approximate surface area is 116 Å². The quantitative estimate of drug-likeness (QED) is 0.600. The fourth-order valence-electron chi connectivity index (χ4n) is 1.44. The number of hydrogen-bond acceptors (Lipinski definition) is 4. The monoisotopic (exact) mass is 294 g/mol. The van der Waals surface area contributed by atoms with E-state index in [1.165, 1.54) is 10.6 Å². The fraction of sp³-hybridized carbons (Fsp3) is 0.917. The third-order valence-corrected chi connectivity index (χ3v) is 4.13. The van der Waals surface area contributed by atoms with Crippen molar-refractivity contribution in [1.82, 2.24) is 9.62 Å². The van der Waals surface area contributed by atoms with Crippen LogP contribution in [0.3, 0.4) is 0 Å². The van der Waals surface area contributed by atoms with Crippen molar-refractivity contribution in [3.8, 4) is 0 Å². The zero-order chi connectivity index (χ0) is 15.1. The van der Waals surface area contributed by atoms with Crippen LogP contribution in [0.2, 0.25) is 0 Å². The molecule has 1 amide bonds. The van der Waals surface area contributed by atoms with Crippen LogP contribution in [-0.2, 0) is 14.8 Å². The number of amides is 1. The van der Waals surface area contributed by atoms with Crippen molar-refractivity contribution in [2.24, 2.45) is 0 Å². The highest BCUT2D eigenvalue weighted by Gasteiger charge is 2.18. The highest BCUT2D eigenvalue weighted by Crippen LogP contribution is 2.05. The Morgan fingerprint density at radius 3 is 2.32 bits per heavy atom. The molecule has 0 bridgehead atoms. The van der Waals surface area contributed by atoms with Gasteiger partial charge in [0.2, 0.25) is 15.9 Å². The topological polar surface area (TPSA) is 86.7 Å². The number of aliphatic hydroxyl groups excluding tert-OH is 1. The van der Waals surface area contributed by atoms with Gasteiger partial charge in [0.05, 0.1) is 18.4 Å². The normalized spacial score (nSPS) is 12.7. The van der Waals surface area contributed by atoms with Crippen LogP contribution in [-0.4, -0.2) is 55.7 Å². The standard InChI is InChI=1S/C12H26N2O4S/c1-12(2,10-15)13-11(16)8-6-5-7-9-14(3)19(4,17)18/h15H,5-10H2,1-4H3,(H,13,16). The van der Waals surface area contributed by atoms with Crippen molar-refractivity contribution in [1.29, 1.82) is 0 Å². The van der Waals surface area contributed by atoms with Crippen LogP contribution in [0.1, 0.15) is 39.5 Å². The Morgan fingerprint density at radius 1 is 1.26 bits per heavy atom. The van der Waals surface area contributed by atoms with Crippen molar-refractivity contribution >= 4 is 15.9 Å². The van der Waals surface area contributed by atoms with Gasteiger partial charge in [-0.1, -0.05) is 6.42 Å². The molecule has 0 saturated carbocycles. The summed E-state index contributed by atoms with van der Waals surface area (Å²) >= 11 is 0. The number of nitrogens with one attached hydrogen (secondary N) is 1. The molecule has 0 aromatic carbocycles. The van der Waals surface area contributed by atoms with Crippen LogP contribution in [0.15, 0.2) is 0 Å². The molecule has 114 valence electrons. The summed E-state index contributed by atoms with van der Waals surface area (Å²) in [5, 5.41) is 11.7. The van der Waals surface area contributed by atoms with E-state index in [-0.39, 0.29) is 12.5 Å². The third kappa shape index (κ3) is 8.96. The second-order valence-corrected chi connectivity index (χ2v) is 7.57. The highest BCUT2D eigenvalue weighted by molar-refractivity contribution is 7.88. The number of carbonyl (C=O) groups excluding carboxylic acids is 1. The van der Waals surface area contributed by atoms with E-state index in [0.717, 1.165) is 12.8 Å². The maximum atomic E-state index is 11.5. The van der Waals surface area contributed by atoms with Gasteiger partial charge in [0.15, 0.2) is 0 Å². The van der Waals surface area contributed by atoms with Gasteiger partial charge < -0.3 is 10.4 Å². The van der Waals surface area contributed by atoms with E-state index in [1.807, 2.05) is 0 Å². The second-order valence-electron chi connectivity index (χ2n) is 5.49. The fourth-order valence-corrected chi connectivity index (χ4v) is 1.90. The van der Waals surface area contributed by atoms with Gasteiger partial charge in [-0.05, 0) is 26.7 Å². The molecule has 7 heteroatoms. The molecule has 0 aliphatic rings. The smallest absolute Gasteiger partial charge is 0.220 e. The van der Waals surface area contributed by atoms with Crippen molar-refractivity contribution in [3.63, 3.8) is 0 Å². The lowest BCUT2D eigenvalue weighted by Crippen LogP contribution is -2.46. The molecule has 0 radical (unpaired) electrons. The minimum Gasteiger partial charge on any atom is -0.394 e. The Kier molecular flexibility index (Phi) is 7.54. The zero-order valence-electron chi connectivity index (χ0n) is 12.3. The summed E-state index contributed by atoms with van der Waals surface area (Å²) in [5.74, 6) is -0.0875. The lowest BCUT2D eigenvalue weighted by molar-refractivity contribution is -0.123. The molecule has 6 nitrogen and oxygen atoms in total. The number of sulfonamides is 1. The maximum Gasteiger partial charge on any atom is 0.220 e. The number of rotatable bonds is 9. The van der Waals surface area contributed by atoms with Gasteiger partial charge >= 0.3 is 0 Å². The van der Waals surface area contributed by atoms with Gasteiger partial charge in [-0.15, -0.1) is 0 Å². The van der Waals surface area contributed by atoms with Crippen molar-refractivity contribution in [2.75, 3.05) is 26.5 Å². The van der Waals surface area contributed by atoms with Crippen LogP contribution in [0.4, 0.5) is 0 Å². The molecule has 0 saturated heterocycles. The Morgan fingerprint density at radius 2 is 1.84 bits per heavy atom. The number of hydrogen-bond donors (Lipinski definition) is 2. The first-order valence-electron chi connectivity index (χ1n) is 6.42. The molecule has 0 aliphatic heterocycles. The predicted octanol–water partition coefficient (Wildman–Crippen LogP) is 0.325. The summed E-state index contributed by atoms with van der Waals surface area (Å²) in [4.78, 5) is 11.5. The summed E-state index contributed by atoms with van der Waals surface area (Å²) in [6.07, 6.45) is 3.82. The molecule has 0 atom stereocenters. The summed E-state index contributed by atoms with van der Waals surface area (Å²) in [6.45, 7) is 3.89. The molecule has 19 heavy (non-hydrogen) atoms. The van der Waals surface area contributed by atoms with Crippen LogP contribution < -0.4 is 5.32 Å². The Hall–Kier alpha value is -0.660. The predicted molar refractivity (Wildman–Crippen MR) is 75.2 cm³/mol. The van der Waals surface area contributed by atoms with Gasteiger partial charge in [-0.3, -0.25) is 4.79 Å². The summed E-state index contributed by atoms with van der Waals surface area (Å²) in [6, 6.07) is 0. The molecule has 0 spiro atoms. The lowest BCUT2D eigenvalue weighted by Gasteiger charge is -2.23. The summed E-state index contributed by atoms with van der Waals surface area (Å²) < 4.78 is 23.6. The molecule has 0 fully saturated rings. The first-order valence-corrected chi connectivity index (χ1v) is 8.26. The largest absolute Gasteiger partial charge is 0.394 e. The molecule has 0 aromatic rings. The second kappa shape index (κ2) is 7.81. The van der Waals surface area contributed by atoms with Gasteiger partial charge in [-0.2, -0.15) is 0 Å². The van der Waals surface area contributed by atoms with E-state index in [1.54, 1.807) is 20.9 Å². The Balaban J connectivity index is 3.74. The van der Waals surface area contributed by atoms with Gasteiger partial charge in [0.1, 0.15) is 0 Å². The minimum atomic E-state index is -3.11. The molecule has 0 unspecified atom stereocenters. The first kappa shape index (κ1) is 18.3. The van der Waals surface area contributed by atoms with Crippen molar-refractivity contribution in [3.05, 3.63) is 0 Å². The summed E-state index contributed by atoms with van der Waals surface area (Å²) in [7, 11) is -1.56. The molecular weight excluding hydrogens is 268 g/mol. The van der Waals surface area contributed by atoms with Crippen molar-refractivity contribution in [2.45, 2.75) is 45.1 Å². The van der Waals surface area contributed by atoms with E-state index >= 15 is 0 Å². The third-order valence-electron chi connectivity index (χ3n) is 2.82. The van der Waals surface area contributed by atoms with Crippen LogP contribution in [0, 0.1) is 0 Å². The van der Waals surface area contributed by atoms with Gasteiger partial charge in [-0.25, -0.2) is 12.7 Å². The van der Waals surface area contributed by atoms with E-state index in [4.69, 9.17) is 5.11 Å². The lowest BCUT2D eigenvalue weighted by atomic mass is 10.1. The van der Waals surface area contributed by atoms with E-state index in [0.29, 0.717) is 19.4 Å². The van der Waals surface area contributed by atoms with E-state index in [9.17, 15) is 13.2 Å². The average Bonchev–Trinajstić information content (AvgIpc) is 2.26. The van der Waals surface area contributed by atoms with E-state index in [2.05, 4.69) is 5.32 Å². The van der Waals surface area contributed by atoms with Crippen LogP contribution in [0.5, 0.6) is 0 Å². The van der Waals surface area contributed by atoms with E-state index < -0.39 is 15.6 Å². The number of nitrogens with zero attached hydrogens (tertiary/aromatic N) is 1. The molecule has 0 rings (SSSR count). The average molecular weight is 294 g/mol. The minimum absolute atomic E-state index is 0.0875. The van der Waals surface area contributed by atoms with Crippen molar-refractivity contribution < 1.29 is 18.3 Å². The maximum absolute atomic E-state index is 11.5. The number of aliphatic hydroxyl groups is 1. The van der Waals surface area contributed by atoms with Crippen LogP contribution >= 0.6 is 0 Å². The molecule has 0 aromatic heterocycles. The SMILES string of the molecule is CN(CCCCCC(=O)NC(C)(C)CO)S(C)(=O)=O. The molecule has 0 heterocycles. The van der Waals surface area contributed by atoms with Gasteiger partial charge in [0.25, 0.3) is 0 Å². The summed E-state index contributed by atoms with van der Waals surface area (Å²) in [5.41, 5.74) is -0.590. The van der Waals surface area contributed by atoms with Crippen LogP contribution in [0.25, 0.3) is 0 Å². The molecular formula is C12H26N2O4S. The highest BCUT2D eigenvalue weighted by atomic mass is 32.2.